The van der Waals surface area contributed by atoms with E-state index in [-0.39, 0.29) is 19.7 Å². The van der Waals surface area contributed by atoms with E-state index in [9.17, 15) is 14.7 Å². The van der Waals surface area contributed by atoms with Gasteiger partial charge in [-0.1, -0.05) is 48.5 Å². The highest BCUT2D eigenvalue weighted by Crippen LogP contribution is 2.11. The molecule has 2 heterocycles. The smallest absolute Gasteiger partial charge is 0.333 e. The van der Waals surface area contributed by atoms with Crippen LogP contribution >= 0.6 is 0 Å². The standard InChI is InChI=1S/C24H26N4O5/c1-32-13-12-26-17-25-22-21(26)23(30)28(15-19(29)16-33-20-10-6-3-7-11-20)24(31)27(22)14-18-8-4-2-5-9-18/h2-11,17,19,29H,12-16H2,1H3. The number of aliphatic hydroxyl groups excluding tert-OH is 1. The average molecular weight is 450 g/mol. The molecule has 0 saturated heterocycles. The Morgan fingerprint density at radius 3 is 2.39 bits per heavy atom. The fourth-order valence-corrected chi connectivity index (χ4v) is 3.64. The maximum absolute atomic E-state index is 13.3. The van der Waals surface area contributed by atoms with Crippen molar-refractivity contribution in [2.24, 2.45) is 0 Å². The maximum Gasteiger partial charge on any atom is 0.333 e. The van der Waals surface area contributed by atoms with Crippen LogP contribution in [0, 0.1) is 0 Å². The predicted octanol–water partition coefficient (Wildman–Crippen LogP) is 1.49. The van der Waals surface area contributed by atoms with Crippen molar-refractivity contribution < 1.29 is 14.6 Å². The lowest BCUT2D eigenvalue weighted by Gasteiger charge is -2.16. The van der Waals surface area contributed by atoms with Crippen molar-refractivity contribution in [2.75, 3.05) is 20.3 Å². The van der Waals surface area contributed by atoms with Crippen LogP contribution in [0.3, 0.4) is 0 Å². The summed E-state index contributed by atoms with van der Waals surface area (Å²) in [5, 5.41) is 10.6. The number of aliphatic hydroxyl groups is 1. The van der Waals surface area contributed by atoms with Gasteiger partial charge in [-0.2, -0.15) is 0 Å². The normalized spacial score (nSPS) is 12.2. The zero-order valence-electron chi connectivity index (χ0n) is 18.3. The molecule has 0 aliphatic heterocycles. The Bertz CT molecular complexity index is 1310. The summed E-state index contributed by atoms with van der Waals surface area (Å²) in [6, 6.07) is 18.5. The van der Waals surface area contributed by atoms with E-state index in [4.69, 9.17) is 9.47 Å². The van der Waals surface area contributed by atoms with E-state index in [0.717, 1.165) is 10.1 Å². The largest absolute Gasteiger partial charge is 0.491 e. The number of hydrogen-bond acceptors (Lipinski definition) is 6. The van der Waals surface area contributed by atoms with Crippen molar-refractivity contribution in [1.29, 1.82) is 0 Å². The molecule has 1 N–H and O–H groups in total. The molecule has 2 aromatic carbocycles. The second kappa shape index (κ2) is 10.3. The second-order valence-electron chi connectivity index (χ2n) is 7.65. The zero-order valence-corrected chi connectivity index (χ0v) is 18.3. The third kappa shape index (κ3) is 5.05. The van der Waals surface area contributed by atoms with Gasteiger partial charge in [0.2, 0.25) is 0 Å². The van der Waals surface area contributed by atoms with Gasteiger partial charge in [-0.3, -0.25) is 13.9 Å². The molecule has 9 nitrogen and oxygen atoms in total. The zero-order chi connectivity index (χ0) is 23.2. The highest BCUT2D eigenvalue weighted by Gasteiger charge is 2.20. The van der Waals surface area contributed by atoms with E-state index in [1.807, 2.05) is 48.5 Å². The number of nitrogens with zero attached hydrogens (tertiary/aromatic N) is 4. The Morgan fingerprint density at radius 2 is 1.70 bits per heavy atom. The fraction of sp³-hybridized carbons (Fsp3) is 0.292. The SMILES string of the molecule is COCCn1cnc2c1c(=O)n(CC(O)COc1ccccc1)c(=O)n2Cc1ccccc1. The number of hydrogen-bond donors (Lipinski definition) is 1. The molecule has 172 valence electrons. The Morgan fingerprint density at radius 1 is 1.00 bits per heavy atom. The highest BCUT2D eigenvalue weighted by atomic mass is 16.5. The van der Waals surface area contributed by atoms with Gasteiger partial charge in [-0.15, -0.1) is 0 Å². The van der Waals surface area contributed by atoms with Gasteiger partial charge in [0.25, 0.3) is 5.56 Å². The van der Waals surface area contributed by atoms with E-state index in [0.29, 0.717) is 30.1 Å². The minimum atomic E-state index is -1.06. The molecule has 4 rings (SSSR count). The first kappa shape index (κ1) is 22.5. The molecule has 0 amide bonds. The average Bonchev–Trinajstić information content (AvgIpc) is 3.27. The van der Waals surface area contributed by atoms with Gasteiger partial charge in [0, 0.05) is 13.7 Å². The molecular formula is C24H26N4O5. The van der Waals surface area contributed by atoms with Gasteiger partial charge in [-0.25, -0.2) is 9.78 Å². The van der Waals surface area contributed by atoms with E-state index in [1.54, 1.807) is 23.8 Å². The summed E-state index contributed by atoms with van der Waals surface area (Å²) >= 11 is 0. The topological polar surface area (TPSA) is 101 Å². The molecule has 33 heavy (non-hydrogen) atoms. The number of benzene rings is 2. The fourth-order valence-electron chi connectivity index (χ4n) is 3.64. The van der Waals surface area contributed by atoms with E-state index in [1.165, 1.54) is 10.9 Å². The monoisotopic (exact) mass is 450 g/mol. The van der Waals surface area contributed by atoms with Gasteiger partial charge >= 0.3 is 5.69 Å². The first-order chi connectivity index (χ1) is 16.1. The van der Waals surface area contributed by atoms with Crippen LogP contribution in [0.4, 0.5) is 0 Å². The quantitative estimate of drug-likeness (QED) is 0.393. The maximum atomic E-state index is 13.3. The minimum absolute atomic E-state index is 0.0600. The molecule has 9 heteroatoms. The number of ether oxygens (including phenoxy) is 2. The number of rotatable bonds is 10. The van der Waals surface area contributed by atoms with Crippen molar-refractivity contribution in [1.82, 2.24) is 18.7 Å². The second-order valence-corrected chi connectivity index (χ2v) is 7.65. The van der Waals surface area contributed by atoms with Crippen molar-refractivity contribution in [3.63, 3.8) is 0 Å². The molecule has 0 radical (unpaired) electrons. The third-order valence-corrected chi connectivity index (χ3v) is 5.28. The predicted molar refractivity (Wildman–Crippen MR) is 124 cm³/mol. The molecule has 4 aromatic rings. The first-order valence-corrected chi connectivity index (χ1v) is 10.7. The lowest BCUT2D eigenvalue weighted by Crippen LogP contribution is -2.44. The lowest BCUT2D eigenvalue weighted by atomic mass is 10.2. The van der Waals surface area contributed by atoms with E-state index in [2.05, 4.69) is 4.98 Å². The summed E-state index contributed by atoms with van der Waals surface area (Å²) in [5.41, 5.74) is 0.444. The summed E-state index contributed by atoms with van der Waals surface area (Å²) in [6.07, 6.45) is 0.472. The highest BCUT2D eigenvalue weighted by molar-refractivity contribution is 5.70. The molecule has 0 aliphatic carbocycles. The lowest BCUT2D eigenvalue weighted by molar-refractivity contribution is 0.0902. The molecule has 2 aromatic heterocycles. The Labute approximate surface area is 190 Å². The Kier molecular flexibility index (Phi) is 7.01. The van der Waals surface area contributed by atoms with E-state index < -0.39 is 17.4 Å². The van der Waals surface area contributed by atoms with Crippen LogP contribution < -0.4 is 16.0 Å². The number of aromatic nitrogens is 4. The molecule has 0 bridgehead atoms. The van der Waals surface area contributed by atoms with E-state index >= 15 is 0 Å². The van der Waals surface area contributed by atoms with Gasteiger partial charge < -0.3 is 19.1 Å². The van der Waals surface area contributed by atoms with Crippen LogP contribution in [0.1, 0.15) is 5.56 Å². The van der Waals surface area contributed by atoms with Crippen molar-refractivity contribution >= 4 is 11.2 Å². The molecular weight excluding hydrogens is 424 g/mol. The summed E-state index contributed by atoms with van der Waals surface area (Å²) in [7, 11) is 1.58. The van der Waals surface area contributed by atoms with Crippen LogP contribution in [0.25, 0.3) is 11.2 Å². The van der Waals surface area contributed by atoms with Crippen molar-refractivity contribution in [3.05, 3.63) is 93.4 Å². The van der Waals surface area contributed by atoms with Gasteiger partial charge in [0.05, 0.1) is 26.0 Å². The third-order valence-electron chi connectivity index (χ3n) is 5.28. The van der Waals surface area contributed by atoms with Gasteiger partial charge in [0.1, 0.15) is 18.5 Å². The van der Waals surface area contributed by atoms with Crippen LogP contribution in [-0.2, 0) is 24.4 Å². The van der Waals surface area contributed by atoms with Crippen LogP contribution in [0.15, 0.2) is 76.6 Å². The Balaban J connectivity index is 1.71. The van der Waals surface area contributed by atoms with Crippen LogP contribution in [0.2, 0.25) is 0 Å². The number of methoxy groups -OCH3 is 1. The summed E-state index contributed by atoms with van der Waals surface area (Å²) in [5.74, 6) is 0.596. The summed E-state index contributed by atoms with van der Waals surface area (Å²) in [6.45, 7) is 0.774. The molecule has 1 unspecified atom stereocenters. The number of para-hydroxylation sites is 1. The van der Waals surface area contributed by atoms with Crippen LogP contribution in [0.5, 0.6) is 5.75 Å². The van der Waals surface area contributed by atoms with Crippen molar-refractivity contribution in [2.45, 2.75) is 25.7 Å². The number of imidazole rings is 1. The molecule has 0 saturated carbocycles. The number of fused-ring (bicyclic) bond motifs is 1. The van der Waals surface area contributed by atoms with Gasteiger partial charge in [0.15, 0.2) is 11.2 Å². The molecule has 0 aliphatic rings. The van der Waals surface area contributed by atoms with Crippen LogP contribution in [-0.4, -0.2) is 50.2 Å². The Hall–Kier alpha value is -3.69. The summed E-state index contributed by atoms with van der Waals surface area (Å²) in [4.78, 5) is 31.0. The van der Waals surface area contributed by atoms with Gasteiger partial charge in [-0.05, 0) is 17.7 Å². The van der Waals surface area contributed by atoms with Crippen molar-refractivity contribution in [3.8, 4) is 5.75 Å². The molecule has 0 spiro atoms. The summed E-state index contributed by atoms with van der Waals surface area (Å²) < 4.78 is 14.9. The molecule has 1 atom stereocenters. The molecule has 0 fully saturated rings. The minimum Gasteiger partial charge on any atom is -0.491 e. The first-order valence-electron chi connectivity index (χ1n) is 10.7.